The van der Waals surface area contributed by atoms with E-state index in [2.05, 4.69) is 45.0 Å². The van der Waals surface area contributed by atoms with Gasteiger partial charge in [-0.1, -0.05) is 159 Å². The number of aryl methyl sites for hydroxylation is 1. The first-order chi connectivity index (χ1) is 22.1. The summed E-state index contributed by atoms with van der Waals surface area (Å²) in [5.41, 5.74) is 5.31. The maximum absolute atomic E-state index is 12.8. The summed E-state index contributed by atoms with van der Waals surface area (Å²) in [6.07, 6.45) is 23.8. The fraction of sp³-hybridized carbons (Fsp3) is 0.548. The van der Waals surface area contributed by atoms with Gasteiger partial charge in [0.05, 0.1) is 11.7 Å². The molecule has 0 saturated heterocycles. The number of hydrogen-bond acceptors (Lipinski definition) is 3. The summed E-state index contributed by atoms with van der Waals surface area (Å²) in [5, 5.41) is 0. The fourth-order valence-corrected chi connectivity index (χ4v) is 5.87. The third-order valence-electron chi connectivity index (χ3n) is 8.90. The van der Waals surface area contributed by atoms with Crippen molar-refractivity contribution in [3.05, 3.63) is 89.5 Å². The summed E-state index contributed by atoms with van der Waals surface area (Å²) < 4.78 is 11.7. The molecule has 0 saturated carbocycles. The summed E-state index contributed by atoms with van der Waals surface area (Å²) >= 11 is 0. The third kappa shape index (κ3) is 14.8. The standard InChI is InChI=1S/C42H60O3/c1-4-6-8-10-12-13-14-15-17-19-21-36-22-24-38(25-23-36)39-26-28-40(29-27-39)42(43)45-41-32-30-37(31-33-41)35(3)44-34-20-18-16-11-9-7-5-2/h22-33,35H,4-21,34H2,1-3H3. The molecule has 3 rings (SSSR count). The number of benzene rings is 3. The maximum Gasteiger partial charge on any atom is 0.343 e. The van der Waals surface area contributed by atoms with E-state index < -0.39 is 0 Å². The molecule has 3 heteroatoms. The van der Waals surface area contributed by atoms with Crippen LogP contribution < -0.4 is 4.74 Å². The van der Waals surface area contributed by atoms with Crippen LogP contribution >= 0.6 is 0 Å². The lowest BCUT2D eigenvalue weighted by molar-refractivity contribution is 0.0627. The van der Waals surface area contributed by atoms with Gasteiger partial charge < -0.3 is 9.47 Å². The molecule has 0 radical (unpaired) electrons. The zero-order valence-electron chi connectivity index (χ0n) is 28.7. The molecule has 0 N–H and O–H groups in total. The van der Waals surface area contributed by atoms with Gasteiger partial charge in [-0.25, -0.2) is 4.79 Å². The highest BCUT2D eigenvalue weighted by molar-refractivity contribution is 5.91. The van der Waals surface area contributed by atoms with Gasteiger partial charge >= 0.3 is 5.97 Å². The van der Waals surface area contributed by atoms with E-state index in [-0.39, 0.29) is 12.1 Å². The number of ether oxygens (including phenoxy) is 2. The van der Waals surface area contributed by atoms with Crippen molar-refractivity contribution in [1.29, 1.82) is 0 Å². The number of carbonyl (C=O) groups is 1. The first-order valence-electron chi connectivity index (χ1n) is 18.2. The van der Waals surface area contributed by atoms with E-state index >= 15 is 0 Å². The zero-order chi connectivity index (χ0) is 32.0. The van der Waals surface area contributed by atoms with Crippen molar-refractivity contribution in [2.45, 2.75) is 142 Å². The Hall–Kier alpha value is -2.91. The van der Waals surface area contributed by atoms with Gasteiger partial charge in [0.15, 0.2) is 0 Å². The van der Waals surface area contributed by atoms with Crippen LogP contribution in [-0.2, 0) is 11.2 Å². The van der Waals surface area contributed by atoms with E-state index in [1.165, 1.54) is 114 Å². The average molecular weight is 613 g/mol. The Morgan fingerprint density at radius 3 is 1.56 bits per heavy atom. The van der Waals surface area contributed by atoms with Crippen LogP contribution in [0.25, 0.3) is 11.1 Å². The Morgan fingerprint density at radius 1 is 0.556 bits per heavy atom. The molecule has 1 atom stereocenters. The monoisotopic (exact) mass is 612 g/mol. The van der Waals surface area contributed by atoms with Crippen molar-refractivity contribution in [3.8, 4) is 16.9 Å². The van der Waals surface area contributed by atoms with Crippen molar-refractivity contribution < 1.29 is 14.3 Å². The van der Waals surface area contributed by atoms with Crippen LogP contribution in [0.5, 0.6) is 5.75 Å². The predicted octanol–water partition coefficient (Wildman–Crippen LogP) is 12.9. The van der Waals surface area contributed by atoms with Crippen LogP contribution in [-0.4, -0.2) is 12.6 Å². The number of esters is 1. The van der Waals surface area contributed by atoms with Crippen molar-refractivity contribution in [1.82, 2.24) is 0 Å². The van der Waals surface area contributed by atoms with Gasteiger partial charge in [0.25, 0.3) is 0 Å². The summed E-state index contributed by atoms with van der Waals surface area (Å²) in [5.74, 6) is 0.203. The molecular weight excluding hydrogens is 552 g/mol. The maximum atomic E-state index is 12.8. The Morgan fingerprint density at radius 2 is 1.02 bits per heavy atom. The molecule has 3 aromatic carbocycles. The summed E-state index contributed by atoms with van der Waals surface area (Å²) in [6.45, 7) is 7.39. The van der Waals surface area contributed by atoms with Crippen molar-refractivity contribution in [2.24, 2.45) is 0 Å². The third-order valence-corrected chi connectivity index (χ3v) is 8.90. The largest absolute Gasteiger partial charge is 0.423 e. The topological polar surface area (TPSA) is 35.5 Å². The molecule has 3 nitrogen and oxygen atoms in total. The number of rotatable bonds is 24. The SMILES string of the molecule is CCCCCCCCCCCCc1ccc(-c2ccc(C(=O)Oc3ccc(C(C)OCCCCCCCCC)cc3)cc2)cc1. The molecule has 1 unspecified atom stereocenters. The van der Waals surface area contributed by atoms with E-state index in [0.717, 1.165) is 30.6 Å². The van der Waals surface area contributed by atoms with Gasteiger partial charge in [0, 0.05) is 6.61 Å². The average Bonchev–Trinajstić information content (AvgIpc) is 3.07. The highest BCUT2D eigenvalue weighted by Gasteiger charge is 2.11. The van der Waals surface area contributed by atoms with Gasteiger partial charge in [0.2, 0.25) is 0 Å². The quantitative estimate of drug-likeness (QED) is 0.0573. The number of unbranched alkanes of at least 4 members (excludes halogenated alkanes) is 15. The normalized spacial score (nSPS) is 11.9. The molecule has 45 heavy (non-hydrogen) atoms. The van der Waals surface area contributed by atoms with Crippen LogP contribution in [0.4, 0.5) is 0 Å². The Kier molecular flexibility index (Phi) is 18.3. The molecule has 0 aliphatic rings. The highest BCUT2D eigenvalue weighted by Crippen LogP contribution is 2.24. The fourth-order valence-electron chi connectivity index (χ4n) is 5.87. The molecule has 3 aromatic rings. The minimum absolute atomic E-state index is 0.0242. The summed E-state index contributed by atoms with van der Waals surface area (Å²) in [4.78, 5) is 12.8. The van der Waals surface area contributed by atoms with Crippen LogP contribution in [0.15, 0.2) is 72.8 Å². The van der Waals surface area contributed by atoms with Crippen LogP contribution in [0.3, 0.4) is 0 Å². The highest BCUT2D eigenvalue weighted by atomic mass is 16.5. The minimum Gasteiger partial charge on any atom is -0.423 e. The first kappa shape index (κ1) is 36.6. The molecule has 246 valence electrons. The van der Waals surface area contributed by atoms with Crippen LogP contribution in [0, 0.1) is 0 Å². The van der Waals surface area contributed by atoms with Crippen LogP contribution in [0.1, 0.15) is 158 Å². The van der Waals surface area contributed by atoms with Crippen molar-refractivity contribution in [3.63, 3.8) is 0 Å². The molecule has 0 spiro atoms. The van der Waals surface area contributed by atoms with Gasteiger partial charge in [-0.15, -0.1) is 0 Å². The van der Waals surface area contributed by atoms with E-state index in [0.29, 0.717) is 11.3 Å². The van der Waals surface area contributed by atoms with E-state index in [4.69, 9.17) is 9.47 Å². The van der Waals surface area contributed by atoms with Gasteiger partial charge in [-0.2, -0.15) is 0 Å². The lowest BCUT2D eigenvalue weighted by atomic mass is 10.00. The second-order valence-corrected chi connectivity index (χ2v) is 12.8. The summed E-state index contributed by atoms with van der Waals surface area (Å²) in [7, 11) is 0. The van der Waals surface area contributed by atoms with E-state index in [1.54, 1.807) is 0 Å². The molecule has 0 heterocycles. The minimum atomic E-state index is -0.343. The Balaban J connectivity index is 1.34. The van der Waals surface area contributed by atoms with Crippen molar-refractivity contribution >= 4 is 5.97 Å². The summed E-state index contributed by atoms with van der Waals surface area (Å²) in [6, 6.07) is 24.3. The van der Waals surface area contributed by atoms with Crippen LogP contribution in [0.2, 0.25) is 0 Å². The van der Waals surface area contributed by atoms with Crippen molar-refractivity contribution in [2.75, 3.05) is 6.61 Å². The number of carbonyl (C=O) groups excluding carboxylic acids is 1. The lowest BCUT2D eigenvalue weighted by Crippen LogP contribution is -2.08. The Bertz CT molecular complexity index is 1160. The van der Waals surface area contributed by atoms with E-state index in [1.807, 2.05) is 48.5 Å². The van der Waals surface area contributed by atoms with Gasteiger partial charge in [-0.3, -0.25) is 0 Å². The molecule has 0 bridgehead atoms. The molecule has 0 aromatic heterocycles. The molecule has 0 amide bonds. The second-order valence-electron chi connectivity index (χ2n) is 12.8. The molecule has 0 aliphatic heterocycles. The van der Waals surface area contributed by atoms with Gasteiger partial charge in [-0.05, 0) is 72.7 Å². The molecule has 0 aliphatic carbocycles. The van der Waals surface area contributed by atoms with Gasteiger partial charge in [0.1, 0.15) is 5.75 Å². The Labute approximate surface area is 275 Å². The zero-order valence-corrected chi connectivity index (χ0v) is 28.7. The molecule has 0 fully saturated rings. The molecular formula is C42H60O3. The van der Waals surface area contributed by atoms with E-state index in [9.17, 15) is 4.79 Å². The lowest BCUT2D eigenvalue weighted by Gasteiger charge is -2.14. The predicted molar refractivity (Wildman–Crippen MR) is 191 cm³/mol. The smallest absolute Gasteiger partial charge is 0.343 e. The number of hydrogen-bond donors (Lipinski definition) is 0. The second kappa shape index (κ2) is 22.6. The first-order valence-corrected chi connectivity index (χ1v) is 18.2.